The second-order valence-corrected chi connectivity index (χ2v) is 9.56. The van der Waals surface area contributed by atoms with Crippen LogP contribution in [0.3, 0.4) is 0 Å². The Bertz CT molecular complexity index is 975. The minimum Gasteiger partial charge on any atom is -0.480 e. The van der Waals surface area contributed by atoms with E-state index >= 15 is 0 Å². The summed E-state index contributed by atoms with van der Waals surface area (Å²) in [5.41, 5.74) is -0.0920. The van der Waals surface area contributed by atoms with Crippen LogP contribution in [-0.2, 0) is 9.59 Å². The lowest BCUT2D eigenvalue weighted by Crippen LogP contribution is -2.43. The molecular weight excluding hydrogens is 550 g/mol. The van der Waals surface area contributed by atoms with Crippen LogP contribution in [0.2, 0.25) is 20.1 Å². The summed E-state index contributed by atoms with van der Waals surface area (Å²) in [4.78, 5) is 48.0. The summed E-state index contributed by atoms with van der Waals surface area (Å²) in [6.07, 6.45) is -0.0234. The van der Waals surface area contributed by atoms with Gasteiger partial charge in [-0.3, -0.25) is 9.59 Å². The monoisotopic (exact) mass is 566 g/mol. The number of carboxylic acid groups (broad SMARTS) is 2. The van der Waals surface area contributed by atoms with Crippen molar-refractivity contribution in [1.29, 1.82) is 0 Å². The fourth-order valence-electron chi connectivity index (χ4n) is 2.72. The molecule has 0 saturated carbocycles. The first-order valence-corrected chi connectivity index (χ1v) is 12.2. The Kier molecular flexibility index (Phi) is 10.8. The number of amides is 2. The van der Waals surface area contributed by atoms with Crippen LogP contribution < -0.4 is 10.6 Å². The average Bonchev–Trinajstić information content (AvgIpc) is 2.74. The van der Waals surface area contributed by atoms with Crippen molar-refractivity contribution in [2.75, 3.05) is 11.5 Å². The molecule has 4 N–H and O–H groups in total. The molecule has 0 heterocycles. The molecule has 34 heavy (non-hydrogen) atoms. The molecule has 2 atom stereocenters. The van der Waals surface area contributed by atoms with Crippen molar-refractivity contribution in [3.63, 3.8) is 0 Å². The van der Waals surface area contributed by atoms with Crippen molar-refractivity contribution in [2.45, 2.75) is 18.5 Å². The highest BCUT2D eigenvalue weighted by molar-refractivity contribution is 7.99. The standard InChI is InChI=1S/C21H18Cl4N2O6S/c22-10-3-1-4-11(23)16(10)18(28)26-14(20(30)31)7-8-34-9-15(21(32)33)27-19(29)17-12(24)5-2-6-13(17)25/h1-6,14-15H,7-9H2,(H,26,28)(H,27,29)(H,30,31)(H,32,33). The molecule has 13 heteroatoms. The van der Waals surface area contributed by atoms with Gasteiger partial charge in [0.15, 0.2) is 0 Å². The zero-order valence-corrected chi connectivity index (χ0v) is 21.0. The summed E-state index contributed by atoms with van der Waals surface area (Å²) in [7, 11) is 0. The summed E-state index contributed by atoms with van der Waals surface area (Å²) in [5, 5.41) is 23.9. The lowest BCUT2D eigenvalue weighted by Gasteiger charge is -2.17. The maximum Gasteiger partial charge on any atom is 0.327 e. The van der Waals surface area contributed by atoms with Crippen molar-refractivity contribution in [3.05, 3.63) is 67.6 Å². The van der Waals surface area contributed by atoms with E-state index in [9.17, 15) is 29.4 Å². The number of halogens is 4. The molecule has 182 valence electrons. The van der Waals surface area contributed by atoms with Crippen LogP contribution in [-0.4, -0.2) is 57.6 Å². The fraction of sp³-hybridized carbons (Fsp3) is 0.238. The fourth-order valence-corrected chi connectivity index (χ4v) is 4.89. The number of hydrogen-bond donors (Lipinski definition) is 4. The Hall–Kier alpha value is -2.17. The molecule has 2 unspecified atom stereocenters. The Morgan fingerprint density at radius 1 is 0.735 bits per heavy atom. The molecule has 0 bridgehead atoms. The van der Waals surface area contributed by atoms with Crippen molar-refractivity contribution in [2.24, 2.45) is 0 Å². The van der Waals surface area contributed by atoms with Gasteiger partial charge in [0.05, 0.1) is 31.2 Å². The Labute approximate surface area is 218 Å². The zero-order chi connectivity index (χ0) is 25.4. The largest absolute Gasteiger partial charge is 0.480 e. The third-order valence-corrected chi connectivity index (χ3v) is 6.78. The van der Waals surface area contributed by atoms with Gasteiger partial charge in [-0.15, -0.1) is 0 Å². The number of carboxylic acids is 2. The van der Waals surface area contributed by atoms with Gasteiger partial charge in [0.1, 0.15) is 12.1 Å². The lowest BCUT2D eigenvalue weighted by atomic mass is 10.1. The molecule has 0 fully saturated rings. The number of rotatable bonds is 11. The first-order valence-electron chi connectivity index (χ1n) is 9.56. The van der Waals surface area contributed by atoms with Crippen molar-refractivity contribution >= 4 is 81.9 Å². The third kappa shape index (κ3) is 7.68. The van der Waals surface area contributed by atoms with Crippen LogP contribution in [0.25, 0.3) is 0 Å². The third-order valence-electron chi connectivity index (χ3n) is 4.42. The van der Waals surface area contributed by atoms with Crippen molar-refractivity contribution < 1.29 is 29.4 Å². The van der Waals surface area contributed by atoms with Crippen LogP contribution in [0.1, 0.15) is 27.1 Å². The molecule has 0 aliphatic rings. The van der Waals surface area contributed by atoms with Gasteiger partial charge in [-0.05, 0) is 36.4 Å². The number of hydrogen-bond acceptors (Lipinski definition) is 5. The smallest absolute Gasteiger partial charge is 0.327 e. The van der Waals surface area contributed by atoms with E-state index < -0.39 is 35.8 Å². The molecule has 0 aliphatic heterocycles. The van der Waals surface area contributed by atoms with Crippen LogP contribution in [0, 0.1) is 0 Å². The molecule has 2 amide bonds. The molecular formula is C21H18Cl4N2O6S. The van der Waals surface area contributed by atoms with Crippen molar-refractivity contribution in [3.8, 4) is 0 Å². The number of benzene rings is 2. The predicted octanol–water partition coefficient (Wildman–Crippen LogP) is 4.49. The molecule has 8 nitrogen and oxygen atoms in total. The minimum atomic E-state index is -1.29. The van der Waals surface area contributed by atoms with E-state index in [0.29, 0.717) is 0 Å². The summed E-state index contributed by atoms with van der Waals surface area (Å²) in [6.45, 7) is 0. The van der Waals surface area contributed by atoms with Crippen LogP contribution >= 0.6 is 58.2 Å². The van der Waals surface area contributed by atoms with Gasteiger partial charge in [-0.2, -0.15) is 11.8 Å². The first-order chi connectivity index (χ1) is 16.0. The Morgan fingerprint density at radius 3 is 1.50 bits per heavy atom. The number of aliphatic carboxylic acids is 2. The summed E-state index contributed by atoms with van der Waals surface area (Å²) in [6, 6.07) is 6.32. The molecule has 2 aromatic rings. The van der Waals surface area contributed by atoms with E-state index in [0.717, 1.165) is 11.8 Å². The maximum atomic E-state index is 12.4. The van der Waals surface area contributed by atoms with E-state index in [1.807, 2.05) is 0 Å². The van der Waals surface area contributed by atoms with Gasteiger partial charge in [0.2, 0.25) is 0 Å². The van der Waals surface area contributed by atoms with Gasteiger partial charge in [-0.1, -0.05) is 58.5 Å². The molecule has 0 radical (unpaired) electrons. The highest BCUT2D eigenvalue weighted by Crippen LogP contribution is 2.25. The minimum absolute atomic E-state index is 0.0234. The Balaban J connectivity index is 1.94. The van der Waals surface area contributed by atoms with E-state index in [2.05, 4.69) is 10.6 Å². The number of carbonyl (C=O) groups is 4. The maximum absolute atomic E-state index is 12.4. The second kappa shape index (κ2) is 13.1. The normalized spacial score (nSPS) is 12.5. The predicted molar refractivity (Wildman–Crippen MR) is 133 cm³/mol. The van der Waals surface area contributed by atoms with Gasteiger partial charge >= 0.3 is 11.9 Å². The quantitative estimate of drug-likeness (QED) is 0.294. The molecule has 2 aromatic carbocycles. The van der Waals surface area contributed by atoms with Gasteiger partial charge in [0.25, 0.3) is 11.8 Å². The van der Waals surface area contributed by atoms with Gasteiger partial charge in [0, 0.05) is 5.75 Å². The van der Waals surface area contributed by atoms with E-state index in [1.165, 1.54) is 24.3 Å². The number of carbonyl (C=O) groups excluding carboxylic acids is 2. The van der Waals surface area contributed by atoms with Gasteiger partial charge < -0.3 is 20.8 Å². The lowest BCUT2D eigenvalue weighted by molar-refractivity contribution is -0.140. The van der Waals surface area contributed by atoms with E-state index in [-0.39, 0.29) is 49.1 Å². The highest BCUT2D eigenvalue weighted by atomic mass is 35.5. The zero-order valence-electron chi connectivity index (χ0n) is 17.2. The molecule has 0 saturated heterocycles. The van der Waals surface area contributed by atoms with Gasteiger partial charge in [-0.25, -0.2) is 9.59 Å². The highest BCUT2D eigenvalue weighted by Gasteiger charge is 2.25. The number of nitrogens with one attached hydrogen (secondary N) is 2. The molecule has 2 rings (SSSR count). The van der Waals surface area contributed by atoms with Crippen LogP contribution in [0.4, 0.5) is 0 Å². The van der Waals surface area contributed by atoms with E-state index in [1.54, 1.807) is 12.1 Å². The summed E-state index contributed by atoms with van der Waals surface area (Å²) >= 11 is 25.0. The molecule has 0 aliphatic carbocycles. The number of thioether (sulfide) groups is 1. The van der Waals surface area contributed by atoms with Crippen LogP contribution in [0.15, 0.2) is 36.4 Å². The topological polar surface area (TPSA) is 133 Å². The molecule has 0 aromatic heterocycles. The molecule has 0 spiro atoms. The van der Waals surface area contributed by atoms with Crippen molar-refractivity contribution in [1.82, 2.24) is 10.6 Å². The second-order valence-electron chi connectivity index (χ2n) is 6.79. The summed E-state index contributed by atoms with van der Waals surface area (Å²) < 4.78 is 0. The first kappa shape index (κ1) is 28.1. The van der Waals surface area contributed by atoms with Crippen LogP contribution in [0.5, 0.6) is 0 Å². The average molecular weight is 568 g/mol. The summed E-state index contributed by atoms with van der Waals surface area (Å²) in [5.74, 6) is -3.98. The Morgan fingerprint density at radius 2 is 1.12 bits per heavy atom. The van der Waals surface area contributed by atoms with E-state index in [4.69, 9.17) is 46.4 Å². The SMILES string of the molecule is O=C(NC(CCSCC(NC(=O)c1c(Cl)cccc1Cl)C(=O)O)C(=O)O)c1c(Cl)cccc1Cl.